The lowest BCUT2D eigenvalue weighted by atomic mass is 10.1. The van der Waals surface area contributed by atoms with Crippen LogP contribution in [0.1, 0.15) is 36.2 Å². The number of aldehydes is 1. The van der Waals surface area contributed by atoms with E-state index in [0.717, 1.165) is 36.5 Å². The van der Waals surface area contributed by atoms with Gasteiger partial charge in [0.25, 0.3) is 0 Å². The summed E-state index contributed by atoms with van der Waals surface area (Å²) in [6.45, 7) is 11.3. The minimum absolute atomic E-state index is 0.765. The third kappa shape index (κ3) is 3.16. The zero-order chi connectivity index (χ0) is 13.8. The lowest BCUT2D eigenvalue weighted by molar-refractivity contribution is -0.924. The first kappa shape index (κ1) is 14.1. The number of aryl methyl sites for hydroxylation is 1. The second-order valence-corrected chi connectivity index (χ2v) is 5.61. The molecule has 1 aliphatic heterocycles. The summed E-state index contributed by atoms with van der Waals surface area (Å²) in [5.74, 6) is 0. The highest BCUT2D eigenvalue weighted by molar-refractivity contribution is 5.78. The van der Waals surface area contributed by atoms with Crippen LogP contribution in [0.5, 0.6) is 0 Å². The van der Waals surface area contributed by atoms with Crippen molar-refractivity contribution in [1.29, 1.82) is 0 Å². The minimum atomic E-state index is 0.765. The molecule has 0 saturated carbocycles. The molecule has 3 heteroatoms. The Morgan fingerprint density at radius 1 is 1.37 bits per heavy atom. The van der Waals surface area contributed by atoms with E-state index in [4.69, 9.17) is 0 Å². The van der Waals surface area contributed by atoms with Crippen LogP contribution in [0.4, 0.5) is 5.69 Å². The molecule has 0 aliphatic carbocycles. The number of hydrogen-bond donors (Lipinski definition) is 1. The first-order valence-corrected chi connectivity index (χ1v) is 7.31. The topological polar surface area (TPSA) is 24.8 Å². The van der Waals surface area contributed by atoms with Crippen LogP contribution in [0.3, 0.4) is 0 Å². The van der Waals surface area contributed by atoms with E-state index in [1.807, 2.05) is 13.0 Å². The molecule has 1 N–H and O–H groups in total. The number of rotatable bonds is 4. The van der Waals surface area contributed by atoms with Gasteiger partial charge in [0.2, 0.25) is 0 Å². The van der Waals surface area contributed by atoms with Gasteiger partial charge in [0.15, 0.2) is 0 Å². The van der Waals surface area contributed by atoms with Crippen molar-refractivity contribution in [3.63, 3.8) is 0 Å². The first-order chi connectivity index (χ1) is 9.15. The smallest absolute Gasteiger partial charge is 0.150 e. The highest BCUT2D eigenvalue weighted by Gasteiger charge is 2.23. The van der Waals surface area contributed by atoms with E-state index >= 15 is 0 Å². The maximum Gasteiger partial charge on any atom is 0.150 e. The van der Waals surface area contributed by atoms with Gasteiger partial charge < -0.3 is 9.80 Å². The van der Waals surface area contributed by atoms with Gasteiger partial charge in [-0.05, 0) is 44.0 Å². The SMILES string of the molecule is CC[C@@H](C)[NH+]1CCN(c2ccc(C=O)c(C)c2)CC1. The first-order valence-electron chi connectivity index (χ1n) is 7.31. The normalized spacial score (nSPS) is 18.4. The van der Waals surface area contributed by atoms with Gasteiger partial charge in [-0.2, -0.15) is 0 Å². The van der Waals surface area contributed by atoms with Crippen molar-refractivity contribution in [1.82, 2.24) is 0 Å². The van der Waals surface area contributed by atoms with Crippen LogP contribution in [-0.2, 0) is 0 Å². The number of nitrogens with one attached hydrogen (secondary N) is 1. The predicted molar refractivity (Wildman–Crippen MR) is 79.2 cm³/mol. The summed E-state index contributed by atoms with van der Waals surface area (Å²) >= 11 is 0. The Hall–Kier alpha value is -1.35. The van der Waals surface area contributed by atoms with Crippen LogP contribution in [0, 0.1) is 6.92 Å². The van der Waals surface area contributed by atoms with Crippen LogP contribution in [0.2, 0.25) is 0 Å². The Kier molecular flexibility index (Phi) is 4.59. The standard InChI is InChI=1S/C16H24N2O/c1-4-14(3)17-7-9-18(10-8-17)16-6-5-15(12-19)13(2)11-16/h5-6,11-12,14H,4,7-10H2,1-3H3/p+1/t14-/m1/s1. The minimum Gasteiger partial charge on any atom is -0.360 e. The summed E-state index contributed by atoms with van der Waals surface area (Å²) in [5, 5.41) is 0. The Balaban J connectivity index is 2.01. The molecule has 3 nitrogen and oxygen atoms in total. The molecule has 1 atom stereocenters. The van der Waals surface area contributed by atoms with Crippen LogP contribution >= 0.6 is 0 Å². The molecule has 0 bridgehead atoms. The molecule has 1 heterocycles. The quantitative estimate of drug-likeness (QED) is 0.827. The fraction of sp³-hybridized carbons (Fsp3) is 0.562. The zero-order valence-electron chi connectivity index (χ0n) is 12.3. The molecule has 1 fully saturated rings. The van der Waals surface area contributed by atoms with Gasteiger partial charge in [-0.1, -0.05) is 6.92 Å². The Bertz CT molecular complexity index is 436. The molecule has 1 aliphatic rings. The van der Waals surface area contributed by atoms with Crippen LogP contribution < -0.4 is 9.80 Å². The number of carbonyl (C=O) groups is 1. The fourth-order valence-electron chi connectivity index (χ4n) is 2.82. The average molecular weight is 261 g/mol. The maximum absolute atomic E-state index is 10.8. The Labute approximate surface area is 116 Å². The monoisotopic (exact) mass is 261 g/mol. The summed E-state index contributed by atoms with van der Waals surface area (Å²) in [7, 11) is 0. The number of carbonyl (C=O) groups excluding carboxylic acids is 1. The van der Waals surface area contributed by atoms with Crippen molar-refractivity contribution in [2.24, 2.45) is 0 Å². The zero-order valence-corrected chi connectivity index (χ0v) is 12.3. The highest BCUT2D eigenvalue weighted by atomic mass is 16.1. The molecule has 0 unspecified atom stereocenters. The van der Waals surface area contributed by atoms with Crippen molar-refractivity contribution in [2.75, 3.05) is 31.1 Å². The largest absolute Gasteiger partial charge is 0.360 e. The van der Waals surface area contributed by atoms with E-state index < -0.39 is 0 Å². The van der Waals surface area contributed by atoms with E-state index in [-0.39, 0.29) is 0 Å². The predicted octanol–water partition coefficient (Wildman–Crippen LogP) is 1.31. The molecular weight excluding hydrogens is 236 g/mol. The molecule has 1 aromatic carbocycles. The summed E-state index contributed by atoms with van der Waals surface area (Å²) < 4.78 is 0. The number of benzene rings is 1. The summed E-state index contributed by atoms with van der Waals surface area (Å²) in [6.07, 6.45) is 2.19. The van der Waals surface area contributed by atoms with Gasteiger partial charge in [0.1, 0.15) is 6.29 Å². The van der Waals surface area contributed by atoms with Gasteiger partial charge in [0.05, 0.1) is 32.2 Å². The summed E-state index contributed by atoms with van der Waals surface area (Å²) in [5.41, 5.74) is 3.13. The third-order valence-corrected chi connectivity index (χ3v) is 4.46. The van der Waals surface area contributed by atoms with Crippen LogP contribution in [0.15, 0.2) is 18.2 Å². The van der Waals surface area contributed by atoms with E-state index in [2.05, 4.69) is 30.9 Å². The molecule has 0 amide bonds. The van der Waals surface area contributed by atoms with Gasteiger partial charge in [-0.15, -0.1) is 0 Å². The molecule has 19 heavy (non-hydrogen) atoms. The van der Waals surface area contributed by atoms with Crippen molar-refractivity contribution in [3.8, 4) is 0 Å². The Morgan fingerprint density at radius 3 is 2.58 bits per heavy atom. The van der Waals surface area contributed by atoms with Gasteiger partial charge in [-0.3, -0.25) is 4.79 Å². The number of hydrogen-bond acceptors (Lipinski definition) is 2. The molecule has 0 spiro atoms. The summed E-state index contributed by atoms with van der Waals surface area (Å²) in [6, 6.07) is 6.91. The second kappa shape index (κ2) is 6.20. The molecule has 1 aromatic rings. The third-order valence-electron chi connectivity index (χ3n) is 4.46. The molecule has 1 saturated heterocycles. The van der Waals surface area contributed by atoms with E-state index in [1.165, 1.54) is 25.2 Å². The van der Waals surface area contributed by atoms with Crippen LogP contribution in [-0.4, -0.2) is 38.5 Å². The molecule has 2 rings (SSSR count). The van der Waals surface area contributed by atoms with Crippen molar-refractivity contribution in [2.45, 2.75) is 33.2 Å². The number of piperazine rings is 1. The van der Waals surface area contributed by atoms with E-state index in [0.29, 0.717) is 0 Å². The van der Waals surface area contributed by atoms with Crippen LogP contribution in [0.25, 0.3) is 0 Å². The van der Waals surface area contributed by atoms with Gasteiger partial charge in [-0.25, -0.2) is 0 Å². The molecule has 0 radical (unpaired) electrons. The fourth-order valence-corrected chi connectivity index (χ4v) is 2.82. The number of quaternary nitrogens is 1. The maximum atomic E-state index is 10.8. The van der Waals surface area contributed by atoms with E-state index in [9.17, 15) is 4.79 Å². The molecular formula is C16H25N2O+. The van der Waals surface area contributed by atoms with Crippen molar-refractivity contribution < 1.29 is 9.69 Å². The lowest BCUT2D eigenvalue weighted by Gasteiger charge is -2.36. The summed E-state index contributed by atoms with van der Waals surface area (Å²) in [4.78, 5) is 15.0. The number of anilines is 1. The van der Waals surface area contributed by atoms with Gasteiger partial charge in [0, 0.05) is 11.3 Å². The van der Waals surface area contributed by atoms with Crippen molar-refractivity contribution >= 4 is 12.0 Å². The lowest BCUT2D eigenvalue weighted by Crippen LogP contribution is -3.17. The second-order valence-electron chi connectivity index (χ2n) is 5.61. The molecule has 0 aromatic heterocycles. The average Bonchev–Trinajstić information content (AvgIpc) is 2.46. The van der Waals surface area contributed by atoms with Crippen molar-refractivity contribution in [3.05, 3.63) is 29.3 Å². The number of nitrogens with zero attached hydrogens (tertiary/aromatic N) is 1. The Morgan fingerprint density at radius 2 is 2.05 bits per heavy atom. The highest BCUT2D eigenvalue weighted by Crippen LogP contribution is 2.18. The van der Waals surface area contributed by atoms with Gasteiger partial charge >= 0.3 is 0 Å². The van der Waals surface area contributed by atoms with E-state index in [1.54, 1.807) is 4.90 Å². The molecule has 104 valence electrons.